The number of fused-ring (bicyclic) bond motifs is 1. The Labute approximate surface area is 125 Å². The third-order valence-electron chi connectivity index (χ3n) is 3.70. The molecular weight excluding hydrogens is 266 g/mol. The van der Waals surface area contributed by atoms with Crippen LogP contribution in [0.15, 0.2) is 22.6 Å². The molecule has 4 heteroatoms. The summed E-state index contributed by atoms with van der Waals surface area (Å²) in [6, 6.07) is 3.90. The molecule has 0 saturated carbocycles. The number of carbonyl (C=O) groups excluding carboxylic acids is 1. The van der Waals surface area contributed by atoms with Gasteiger partial charge in [0.25, 0.3) is 0 Å². The Kier molecular flexibility index (Phi) is 4.07. The molecule has 0 N–H and O–H groups in total. The molecular formula is C17H21NO3. The third kappa shape index (κ3) is 2.79. The molecule has 0 unspecified atom stereocenters. The first-order valence-corrected chi connectivity index (χ1v) is 6.82. The van der Waals surface area contributed by atoms with E-state index in [1.165, 1.54) is 0 Å². The topological polar surface area (TPSA) is 42.7 Å². The standard InChI is InChI=1S/C17H21NO3/c1-10(7-17(19)18(4)5)13-8-14-11(2)12(3)21-16(14)9-15(13)20-6/h7-9H,1-6H3/b10-7+. The Balaban J connectivity index is 2.61. The SMILES string of the molecule is COc1cc2oc(C)c(C)c2cc1/C(C)=C/C(=O)N(C)C. The Hall–Kier alpha value is -2.23. The second-order valence-electron chi connectivity index (χ2n) is 5.39. The van der Waals surface area contributed by atoms with Crippen molar-refractivity contribution < 1.29 is 13.9 Å². The Bertz CT molecular complexity index is 723. The van der Waals surface area contributed by atoms with Crippen molar-refractivity contribution in [3.05, 3.63) is 35.1 Å². The van der Waals surface area contributed by atoms with Crippen molar-refractivity contribution in [1.82, 2.24) is 4.90 Å². The lowest BCUT2D eigenvalue weighted by Crippen LogP contribution is -2.19. The van der Waals surface area contributed by atoms with Crippen LogP contribution in [0.3, 0.4) is 0 Å². The van der Waals surface area contributed by atoms with Gasteiger partial charge in [-0.15, -0.1) is 0 Å². The van der Waals surface area contributed by atoms with Crippen molar-refractivity contribution in [2.45, 2.75) is 20.8 Å². The molecule has 2 aromatic rings. The van der Waals surface area contributed by atoms with E-state index in [1.807, 2.05) is 32.9 Å². The highest BCUT2D eigenvalue weighted by atomic mass is 16.5. The van der Waals surface area contributed by atoms with E-state index in [4.69, 9.17) is 9.15 Å². The average Bonchev–Trinajstić information content (AvgIpc) is 2.72. The van der Waals surface area contributed by atoms with E-state index in [0.717, 1.165) is 33.4 Å². The lowest BCUT2D eigenvalue weighted by Gasteiger charge is -2.11. The van der Waals surface area contributed by atoms with E-state index >= 15 is 0 Å². The fourth-order valence-corrected chi connectivity index (χ4v) is 2.24. The van der Waals surface area contributed by atoms with Crippen LogP contribution in [0.4, 0.5) is 0 Å². The van der Waals surface area contributed by atoms with E-state index in [1.54, 1.807) is 32.2 Å². The molecule has 2 rings (SSSR count). The van der Waals surface area contributed by atoms with Crippen LogP contribution >= 0.6 is 0 Å². The molecule has 4 nitrogen and oxygen atoms in total. The van der Waals surface area contributed by atoms with Gasteiger partial charge >= 0.3 is 0 Å². The molecule has 0 aliphatic carbocycles. The molecule has 21 heavy (non-hydrogen) atoms. The molecule has 0 spiro atoms. The normalized spacial score (nSPS) is 11.8. The van der Waals surface area contributed by atoms with Gasteiger partial charge in [-0.2, -0.15) is 0 Å². The van der Waals surface area contributed by atoms with E-state index in [2.05, 4.69) is 0 Å². The molecule has 0 aliphatic heterocycles. The van der Waals surface area contributed by atoms with E-state index in [9.17, 15) is 4.79 Å². The maximum absolute atomic E-state index is 11.9. The summed E-state index contributed by atoms with van der Waals surface area (Å²) in [4.78, 5) is 13.4. The maximum atomic E-state index is 11.9. The largest absolute Gasteiger partial charge is 0.496 e. The minimum atomic E-state index is -0.0465. The third-order valence-corrected chi connectivity index (χ3v) is 3.70. The predicted molar refractivity (Wildman–Crippen MR) is 84.6 cm³/mol. The van der Waals surface area contributed by atoms with Gasteiger partial charge in [0, 0.05) is 37.2 Å². The Morgan fingerprint density at radius 2 is 1.95 bits per heavy atom. The lowest BCUT2D eigenvalue weighted by atomic mass is 10.0. The van der Waals surface area contributed by atoms with Gasteiger partial charge in [0.2, 0.25) is 5.91 Å². The van der Waals surface area contributed by atoms with E-state index in [0.29, 0.717) is 5.75 Å². The minimum Gasteiger partial charge on any atom is -0.496 e. The summed E-state index contributed by atoms with van der Waals surface area (Å²) >= 11 is 0. The maximum Gasteiger partial charge on any atom is 0.246 e. The van der Waals surface area contributed by atoms with Crippen LogP contribution in [0.25, 0.3) is 16.5 Å². The summed E-state index contributed by atoms with van der Waals surface area (Å²) in [5, 5.41) is 1.05. The summed E-state index contributed by atoms with van der Waals surface area (Å²) < 4.78 is 11.2. The number of furan rings is 1. The summed E-state index contributed by atoms with van der Waals surface area (Å²) in [5.41, 5.74) is 3.69. The second-order valence-corrected chi connectivity index (χ2v) is 5.39. The van der Waals surface area contributed by atoms with Crippen molar-refractivity contribution in [3.8, 4) is 5.75 Å². The van der Waals surface area contributed by atoms with E-state index < -0.39 is 0 Å². The van der Waals surface area contributed by atoms with Crippen molar-refractivity contribution >= 4 is 22.4 Å². The first-order valence-electron chi connectivity index (χ1n) is 6.82. The number of rotatable bonds is 3. The number of hydrogen-bond donors (Lipinski definition) is 0. The van der Waals surface area contributed by atoms with Crippen molar-refractivity contribution in [3.63, 3.8) is 0 Å². The molecule has 0 bridgehead atoms. The van der Waals surface area contributed by atoms with Gasteiger partial charge in [-0.1, -0.05) is 0 Å². The first-order chi connectivity index (χ1) is 9.85. The lowest BCUT2D eigenvalue weighted by molar-refractivity contribution is -0.123. The van der Waals surface area contributed by atoms with Gasteiger partial charge in [-0.05, 0) is 38.0 Å². The van der Waals surface area contributed by atoms with Crippen LogP contribution in [0.1, 0.15) is 23.8 Å². The number of amides is 1. The predicted octanol–water partition coefficient (Wildman–Crippen LogP) is 3.55. The smallest absolute Gasteiger partial charge is 0.246 e. The van der Waals surface area contributed by atoms with Crippen LogP contribution in [0.5, 0.6) is 5.75 Å². The summed E-state index contributed by atoms with van der Waals surface area (Å²) in [7, 11) is 5.08. The summed E-state index contributed by atoms with van der Waals surface area (Å²) in [6.45, 7) is 5.88. The van der Waals surface area contributed by atoms with Gasteiger partial charge in [0.1, 0.15) is 17.1 Å². The zero-order valence-corrected chi connectivity index (χ0v) is 13.4. The number of methoxy groups -OCH3 is 1. The van der Waals surface area contributed by atoms with Gasteiger partial charge in [0.15, 0.2) is 0 Å². The number of benzene rings is 1. The Morgan fingerprint density at radius 1 is 1.29 bits per heavy atom. The van der Waals surface area contributed by atoms with E-state index in [-0.39, 0.29) is 5.91 Å². The summed E-state index contributed by atoms with van der Waals surface area (Å²) in [6.07, 6.45) is 1.62. The van der Waals surface area contributed by atoms with Crippen molar-refractivity contribution in [2.24, 2.45) is 0 Å². The van der Waals surface area contributed by atoms with Crippen molar-refractivity contribution in [1.29, 1.82) is 0 Å². The van der Waals surface area contributed by atoms with Crippen LogP contribution < -0.4 is 4.74 Å². The number of aryl methyl sites for hydroxylation is 2. The summed E-state index contributed by atoms with van der Waals surface area (Å²) in [5.74, 6) is 1.56. The Morgan fingerprint density at radius 3 is 2.52 bits per heavy atom. The molecule has 112 valence electrons. The van der Waals surface area contributed by atoms with Crippen LogP contribution in [-0.4, -0.2) is 32.0 Å². The zero-order valence-electron chi connectivity index (χ0n) is 13.4. The monoisotopic (exact) mass is 287 g/mol. The molecule has 1 heterocycles. The first kappa shape index (κ1) is 15.2. The number of hydrogen-bond acceptors (Lipinski definition) is 3. The van der Waals surface area contributed by atoms with Gasteiger partial charge in [-0.25, -0.2) is 0 Å². The van der Waals surface area contributed by atoms with Gasteiger partial charge in [0.05, 0.1) is 7.11 Å². The minimum absolute atomic E-state index is 0.0465. The molecule has 0 atom stereocenters. The molecule has 0 radical (unpaired) electrons. The highest BCUT2D eigenvalue weighted by Crippen LogP contribution is 2.34. The van der Waals surface area contributed by atoms with Gasteiger partial charge < -0.3 is 14.1 Å². The van der Waals surface area contributed by atoms with Crippen LogP contribution in [0.2, 0.25) is 0 Å². The van der Waals surface area contributed by atoms with Gasteiger partial charge in [-0.3, -0.25) is 4.79 Å². The van der Waals surface area contributed by atoms with Crippen LogP contribution in [-0.2, 0) is 4.79 Å². The number of carbonyl (C=O) groups is 1. The van der Waals surface area contributed by atoms with Crippen molar-refractivity contribution in [2.75, 3.05) is 21.2 Å². The molecule has 0 fully saturated rings. The second kappa shape index (κ2) is 5.64. The molecule has 0 saturated heterocycles. The molecule has 0 aliphatic rings. The molecule has 1 aromatic carbocycles. The number of nitrogens with zero attached hydrogens (tertiary/aromatic N) is 1. The average molecular weight is 287 g/mol. The number of allylic oxidation sites excluding steroid dienone is 1. The molecule has 1 aromatic heterocycles. The molecule has 1 amide bonds. The number of ether oxygens (including phenoxy) is 1. The fraction of sp³-hybridized carbons (Fsp3) is 0.353. The quantitative estimate of drug-likeness (QED) is 0.811. The highest BCUT2D eigenvalue weighted by molar-refractivity contribution is 5.97. The zero-order chi connectivity index (χ0) is 15.7. The highest BCUT2D eigenvalue weighted by Gasteiger charge is 2.14. The fourth-order valence-electron chi connectivity index (χ4n) is 2.24. The van der Waals surface area contributed by atoms with Crippen LogP contribution in [0, 0.1) is 13.8 Å². The number of likely N-dealkylation sites (N-methyl/N-ethyl adjacent to an activating group) is 1.